The molecule has 4 rings (SSSR count). The van der Waals surface area contributed by atoms with Crippen LogP contribution in [0, 0.1) is 0 Å². The van der Waals surface area contributed by atoms with E-state index in [9.17, 15) is 13.2 Å². The van der Waals surface area contributed by atoms with E-state index in [0.29, 0.717) is 24.4 Å². The van der Waals surface area contributed by atoms with Gasteiger partial charge in [0, 0.05) is 34.9 Å². The van der Waals surface area contributed by atoms with Gasteiger partial charge in [-0.3, -0.25) is 4.79 Å². The highest BCUT2D eigenvalue weighted by molar-refractivity contribution is 7.91. The van der Waals surface area contributed by atoms with E-state index in [1.54, 1.807) is 18.1 Å². The SMILES string of the molecule is COc1ccc2cc(C(=O)N3CC[C@@H](c4cccs4)S(=O)(=O)CC3)[nH]c2c1. The molecule has 1 fully saturated rings. The number of hydrogen-bond donors (Lipinski definition) is 1. The molecule has 1 aromatic carbocycles. The topological polar surface area (TPSA) is 79.5 Å². The van der Waals surface area contributed by atoms with Gasteiger partial charge >= 0.3 is 0 Å². The van der Waals surface area contributed by atoms with Gasteiger partial charge in [-0.15, -0.1) is 11.3 Å². The molecular weight excluding hydrogens is 384 g/mol. The van der Waals surface area contributed by atoms with Gasteiger partial charge in [0.15, 0.2) is 9.84 Å². The average molecular weight is 405 g/mol. The highest BCUT2D eigenvalue weighted by atomic mass is 32.2. The van der Waals surface area contributed by atoms with Crippen LogP contribution in [0.1, 0.15) is 27.0 Å². The van der Waals surface area contributed by atoms with Crippen molar-refractivity contribution in [2.75, 3.05) is 26.0 Å². The van der Waals surface area contributed by atoms with Crippen LogP contribution in [0.25, 0.3) is 10.9 Å². The second-order valence-corrected chi connectivity index (χ2v) is 9.87. The number of methoxy groups -OCH3 is 1. The van der Waals surface area contributed by atoms with Crippen molar-refractivity contribution in [1.82, 2.24) is 9.88 Å². The Balaban J connectivity index is 1.58. The first-order valence-corrected chi connectivity index (χ1v) is 11.3. The predicted octanol–water partition coefficient (Wildman–Crippen LogP) is 3.24. The maximum Gasteiger partial charge on any atom is 0.270 e. The Kier molecular flexibility index (Phi) is 4.69. The molecule has 1 aliphatic rings. The minimum Gasteiger partial charge on any atom is -0.497 e. The van der Waals surface area contributed by atoms with Crippen LogP contribution < -0.4 is 4.74 Å². The minimum absolute atomic E-state index is 0.0185. The zero-order chi connectivity index (χ0) is 19.0. The molecule has 0 spiro atoms. The van der Waals surface area contributed by atoms with Gasteiger partial charge in [-0.1, -0.05) is 6.07 Å². The summed E-state index contributed by atoms with van der Waals surface area (Å²) in [7, 11) is -1.68. The lowest BCUT2D eigenvalue weighted by atomic mass is 10.2. The smallest absolute Gasteiger partial charge is 0.270 e. The van der Waals surface area contributed by atoms with E-state index in [-0.39, 0.29) is 18.2 Å². The van der Waals surface area contributed by atoms with E-state index in [1.807, 2.05) is 35.7 Å². The lowest BCUT2D eigenvalue weighted by Crippen LogP contribution is -2.33. The summed E-state index contributed by atoms with van der Waals surface area (Å²) in [5, 5.41) is 2.28. The Labute approximate surface area is 161 Å². The van der Waals surface area contributed by atoms with E-state index in [1.165, 1.54) is 11.3 Å². The van der Waals surface area contributed by atoms with E-state index >= 15 is 0 Å². The highest BCUT2D eigenvalue weighted by Crippen LogP contribution is 2.32. The average Bonchev–Trinajstić information content (AvgIpc) is 3.29. The predicted molar refractivity (Wildman–Crippen MR) is 106 cm³/mol. The standard InChI is InChI=1S/C19H20N2O4S2/c1-25-14-5-4-13-11-16(20-15(13)12-14)19(22)21-7-6-18(17-3-2-9-26-17)27(23,24)10-8-21/h2-5,9,11-12,18,20H,6-8,10H2,1H3/t18-/m0/s1. The summed E-state index contributed by atoms with van der Waals surface area (Å²) in [6.45, 7) is 0.626. The minimum atomic E-state index is -3.28. The summed E-state index contributed by atoms with van der Waals surface area (Å²) < 4.78 is 30.5. The van der Waals surface area contributed by atoms with E-state index in [4.69, 9.17) is 4.74 Å². The molecule has 1 atom stereocenters. The number of thiophene rings is 1. The highest BCUT2D eigenvalue weighted by Gasteiger charge is 2.33. The molecule has 8 heteroatoms. The van der Waals surface area contributed by atoms with Crippen LogP contribution in [0.2, 0.25) is 0 Å². The van der Waals surface area contributed by atoms with Gasteiger partial charge in [-0.25, -0.2) is 8.42 Å². The van der Waals surface area contributed by atoms with Gasteiger partial charge in [0.05, 0.1) is 18.1 Å². The molecule has 3 aromatic rings. The van der Waals surface area contributed by atoms with Crippen LogP contribution in [0.3, 0.4) is 0 Å². The molecule has 142 valence electrons. The molecule has 27 heavy (non-hydrogen) atoms. The Morgan fingerprint density at radius 1 is 1.26 bits per heavy atom. The van der Waals surface area contributed by atoms with Gasteiger partial charge in [0.25, 0.3) is 5.91 Å². The molecule has 0 unspecified atom stereocenters. The van der Waals surface area contributed by atoms with Crippen molar-refractivity contribution in [3.05, 3.63) is 52.3 Å². The van der Waals surface area contributed by atoms with Crippen molar-refractivity contribution >= 4 is 38.0 Å². The number of sulfone groups is 1. The van der Waals surface area contributed by atoms with Gasteiger partial charge in [0.2, 0.25) is 0 Å². The fourth-order valence-electron chi connectivity index (χ4n) is 3.46. The number of aromatic nitrogens is 1. The van der Waals surface area contributed by atoms with Crippen molar-refractivity contribution in [2.45, 2.75) is 11.7 Å². The van der Waals surface area contributed by atoms with Crippen molar-refractivity contribution in [2.24, 2.45) is 0 Å². The summed E-state index contributed by atoms with van der Waals surface area (Å²) in [5.41, 5.74) is 1.28. The number of aromatic amines is 1. The summed E-state index contributed by atoms with van der Waals surface area (Å²) in [6, 6.07) is 11.1. The summed E-state index contributed by atoms with van der Waals surface area (Å²) >= 11 is 1.45. The number of rotatable bonds is 3. The zero-order valence-corrected chi connectivity index (χ0v) is 16.5. The molecule has 0 bridgehead atoms. The van der Waals surface area contributed by atoms with Crippen LogP contribution in [0.4, 0.5) is 0 Å². The number of nitrogens with one attached hydrogen (secondary N) is 1. The van der Waals surface area contributed by atoms with Crippen molar-refractivity contribution in [3.8, 4) is 5.75 Å². The maximum absolute atomic E-state index is 13.0. The number of nitrogens with zero attached hydrogens (tertiary/aromatic N) is 1. The van der Waals surface area contributed by atoms with Gasteiger partial charge in [-0.05, 0) is 36.1 Å². The largest absolute Gasteiger partial charge is 0.497 e. The van der Waals surface area contributed by atoms with Crippen molar-refractivity contribution < 1.29 is 17.9 Å². The van der Waals surface area contributed by atoms with Crippen LogP contribution in [-0.2, 0) is 9.84 Å². The number of amides is 1. The number of fused-ring (bicyclic) bond motifs is 1. The second-order valence-electron chi connectivity index (χ2n) is 6.59. The monoisotopic (exact) mass is 404 g/mol. The molecular formula is C19H20N2O4S2. The summed E-state index contributed by atoms with van der Waals surface area (Å²) in [4.78, 5) is 18.6. The lowest BCUT2D eigenvalue weighted by molar-refractivity contribution is 0.0761. The van der Waals surface area contributed by atoms with Crippen molar-refractivity contribution in [1.29, 1.82) is 0 Å². The Hall–Kier alpha value is -2.32. The van der Waals surface area contributed by atoms with Crippen LogP contribution in [-0.4, -0.2) is 50.2 Å². The maximum atomic E-state index is 13.0. The molecule has 1 amide bonds. The number of carbonyl (C=O) groups excluding carboxylic acids is 1. The number of hydrogen-bond acceptors (Lipinski definition) is 5. The van der Waals surface area contributed by atoms with Gasteiger partial charge in [-0.2, -0.15) is 0 Å². The first-order chi connectivity index (χ1) is 13.0. The molecule has 1 saturated heterocycles. The first kappa shape index (κ1) is 18.1. The fourth-order valence-corrected chi connectivity index (χ4v) is 6.46. The van der Waals surface area contributed by atoms with Crippen LogP contribution in [0.15, 0.2) is 41.8 Å². The Morgan fingerprint density at radius 2 is 2.11 bits per heavy atom. The molecule has 0 aliphatic carbocycles. The Bertz CT molecular complexity index is 1070. The molecule has 0 saturated carbocycles. The lowest BCUT2D eigenvalue weighted by Gasteiger charge is -2.19. The first-order valence-electron chi connectivity index (χ1n) is 8.69. The Morgan fingerprint density at radius 3 is 2.85 bits per heavy atom. The third-order valence-electron chi connectivity index (χ3n) is 4.95. The quantitative estimate of drug-likeness (QED) is 0.727. The molecule has 1 N–H and O–H groups in total. The molecule has 2 aromatic heterocycles. The third-order valence-corrected chi connectivity index (χ3v) is 8.19. The molecule has 1 aliphatic heterocycles. The molecule has 6 nitrogen and oxygen atoms in total. The van der Waals surface area contributed by atoms with E-state index in [0.717, 1.165) is 15.8 Å². The molecule has 3 heterocycles. The third kappa shape index (κ3) is 3.46. The summed E-state index contributed by atoms with van der Waals surface area (Å²) in [5.74, 6) is 0.519. The fraction of sp³-hybridized carbons (Fsp3) is 0.316. The van der Waals surface area contributed by atoms with E-state index < -0.39 is 15.1 Å². The normalized spacial score (nSPS) is 19.7. The second kappa shape index (κ2) is 7.01. The number of carbonyl (C=O) groups is 1. The number of H-pyrrole nitrogens is 1. The number of benzene rings is 1. The van der Waals surface area contributed by atoms with E-state index in [2.05, 4.69) is 4.98 Å². The zero-order valence-electron chi connectivity index (χ0n) is 14.8. The molecule has 0 radical (unpaired) electrons. The van der Waals surface area contributed by atoms with Crippen LogP contribution in [0.5, 0.6) is 5.75 Å². The summed E-state index contributed by atoms with van der Waals surface area (Å²) in [6.07, 6.45) is 0.419. The van der Waals surface area contributed by atoms with Gasteiger partial charge < -0.3 is 14.6 Å². The van der Waals surface area contributed by atoms with Crippen molar-refractivity contribution in [3.63, 3.8) is 0 Å². The number of ether oxygens (including phenoxy) is 1. The van der Waals surface area contributed by atoms with Crippen LogP contribution >= 0.6 is 11.3 Å². The van der Waals surface area contributed by atoms with Gasteiger partial charge in [0.1, 0.15) is 11.4 Å².